The second-order valence-corrected chi connectivity index (χ2v) is 5.19. The third-order valence-electron chi connectivity index (χ3n) is 3.27. The molecule has 1 rings (SSSR count). The van der Waals surface area contributed by atoms with E-state index in [-0.39, 0.29) is 0 Å². The largest absolute Gasteiger partial charge is 0.493 e. The molecule has 104 valence electrons. The summed E-state index contributed by atoms with van der Waals surface area (Å²) in [7, 11) is 0. The van der Waals surface area contributed by atoms with Gasteiger partial charge in [0.2, 0.25) is 0 Å². The van der Waals surface area contributed by atoms with E-state index in [1.54, 1.807) is 0 Å². The number of ether oxygens (including phenoxy) is 1. The predicted molar refractivity (Wildman–Crippen MR) is 78.3 cm³/mol. The summed E-state index contributed by atoms with van der Waals surface area (Å²) in [5.74, 6) is 0.943. The average Bonchev–Trinajstić information content (AvgIpc) is 2.40. The molecule has 0 aliphatic rings. The van der Waals surface area contributed by atoms with Crippen LogP contribution in [0.25, 0.3) is 0 Å². The molecule has 3 nitrogen and oxygen atoms in total. The van der Waals surface area contributed by atoms with Crippen LogP contribution in [0.3, 0.4) is 0 Å². The van der Waals surface area contributed by atoms with Crippen LogP contribution in [0, 0.1) is 25.2 Å². The lowest BCUT2D eigenvalue weighted by Gasteiger charge is -2.23. The number of nitriles is 1. The molecule has 19 heavy (non-hydrogen) atoms. The van der Waals surface area contributed by atoms with Gasteiger partial charge in [0, 0.05) is 6.42 Å². The molecule has 0 aromatic heterocycles. The zero-order valence-electron chi connectivity index (χ0n) is 12.4. The normalized spacial score (nSPS) is 13.6. The molecule has 1 aromatic carbocycles. The molecular formula is C16H24N2O. The zero-order chi connectivity index (χ0) is 14.3. The van der Waals surface area contributed by atoms with Gasteiger partial charge in [0.15, 0.2) is 0 Å². The molecule has 0 fully saturated rings. The maximum atomic E-state index is 9.25. The minimum Gasteiger partial charge on any atom is -0.493 e. The van der Waals surface area contributed by atoms with E-state index in [9.17, 15) is 5.26 Å². The SMILES string of the molecule is CCCNC(C)(C#N)CCOc1c(C)cccc1C. The van der Waals surface area contributed by atoms with Crippen molar-refractivity contribution in [3.05, 3.63) is 29.3 Å². The predicted octanol–water partition coefficient (Wildman–Crippen LogP) is 3.35. The molecule has 0 bridgehead atoms. The van der Waals surface area contributed by atoms with E-state index >= 15 is 0 Å². The van der Waals surface area contributed by atoms with Crippen LogP contribution in [0.2, 0.25) is 0 Å². The maximum absolute atomic E-state index is 9.25. The highest BCUT2D eigenvalue weighted by Crippen LogP contribution is 2.23. The van der Waals surface area contributed by atoms with Gasteiger partial charge in [0.1, 0.15) is 11.3 Å². The number of hydrogen-bond donors (Lipinski definition) is 1. The highest BCUT2D eigenvalue weighted by molar-refractivity contribution is 5.39. The summed E-state index contributed by atoms with van der Waals surface area (Å²) < 4.78 is 5.85. The number of benzene rings is 1. The second kappa shape index (κ2) is 7.16. The number of rotatable bonds is 7. The summed E-state index contributed by atoms with van der Waals surface area (Å²) in [4.78, 5) is 0. The van der Waals surface area contributed by atoms with E-state index in [1.165, 1.54) is 0 Å². The monoisotopic (exact) mass is 260 g/mol. The summed E-state index contributed by atoms with van der Waals surface area (Å²) in [5, 5.41) is 12.5. The molecule has 1 N–H and O–H groups in total. The van der Waals surface area contributed by atoms with Gasteiger partial charge in [-0.25, -0.2) is 0 Å². The van der Waals surface area contributed by atoms with Gasteiger partial charge in [0.25, 0.3) is 0 Å². The van der Waals surface area contributed by atoms with Crippen molar-refractivity contribution >= 4 is 0 Å². The van der Waals surface area contributed by atoms with Gasteiger partial charge in [0.05, 0.1) is 12.7 Å². The second-order valence-electron chi connectivity index (χ2n) is 5.19. The topological polar surface area (TPSA) is 45.0 Å². The molecule has 0 saturated heterocycles. The summed E-state index contributed by atoms with van der Waals surface area (Å²) in [6, 6.07) is 8.45. The van der Waals surface area contributed by atoms with Crippen LogP contribution in [0.1, 0.15) is 37.8 Å². The van der Waals surface area contributed by atoms with Gasteiger partial charge in [-0.05, 0) is 44.9 Å². The summed E-state index contributed by atoms with van der Waals surface area (Å²) in [5.41, 5.74) is 1.77. The van der Waals surface area contributed by atoms with Crippen LogP contribution in [0.5, 0.6) is 5.75 Å². The van der Waals surface area contributed by atoms with E-state index in [0.717, 1.165) is 29.8 Å². The first kappa shape index (κ1) is 15.5. The molecule has 1 unspecified atom stereocenters. The molecular weight excluding hydrogens is 236 g/mol. The minimum atomic E-state index is -0.507. The molecule has 0 spiro atoms. The van der Waals surface area contributed by atoms with Gasteiger partial charge < -0.3 is 4.74 Å². The van der Waals surface area contributed by atoms with E-state index in [4.69, 9.17) is 4.74 Å². The van der Waals surface area contributed by atoms with Crippen molar-refractivity contribution in [1.29, 1.82) is 5.26 Å². The van der Waals surface area contributed by atoms with Crippen LogP contribution >= 0.6 is 0 Å². The number of aryl methyl sites for hydroxylation is 2. The van der Waals surface area contributed by atoms with E-state index in [0.29, 0.717) is 13.0 Å². The summed E-state index contributed by atoms with van der Waals surface area (Å²) in [6.07, 6.45) is 1.70. The van der Waals surface area contributed by atoms with Gasteiger partial charge in [-0.1, -0.05) is 25.1 Å². The Morgan fingerprint density at radius 1 is 1.32 bits per heavy atom. The summed E-state index contributed by atoms with van der Waals surface area (Å²) in [6.45, 7) is 9.51. The Balaban J connectivity index is 2.56. The number of nitrogens with zero attached hydrogens (tertiary/aromatic N) is 1. The van der Waals surface area contributed by atoms with Gasteiger partial charge in [-0.2, -0.15) is 5.26 Å². The van der Waals surface area contributed by atoms with Crippen molar-refractivity contribution in [1.82, 2.24) is 5.32 Å². The highest BCUT2D eigenvalue weighted by Gasteiger charge is 2.22. The van der Waals surface area contributed by atoms with Crippen molar-refractivity contribution in [2.45, 2.75) is 46.1 Å². The molecule has 1 atom stereocenters. The Labute approximate surface area is 116 Å². The fourth-order valence-electron chi connectivity index (χ4n) is 1.97. The fraction of sp³-hybridized carbons (Fsp3) is 0.562. The number of hydrogen-bond acceptors (Lipinski definition) is 3. The zero-order valence-corrected chi connectivity index (χ0v) is 12.4. The van der Waals surface area contributed by atoms with Gasteiger partial charge in [-0.15, -0.1) is 0 Å². The third kappa shape index (κ3) is 4.57. The minimum absolute atomic E-state index is 0.507. The van der Waals surface area contributed by atoms with Crippen molar-refractivity contribution < 1.29 is 4.74 Å². The Morgan fingerprint density at radius 2 is 1.95 bits per heavy atom. The Morgan fingerprint density at radius 3 is 2.47 bits per heavy atom. The van der Waals surface area contributed by atoms with Crippen molar-refractivity contribution in [3.8, 4) is 11.8 Å². The molecule has 0 saturated carbocycles. The summed E-state index contributed by atoms with van der Waals surface area (Å²) >= 11 is 0. The van der Waals surface area contributed by atoms with Gasteiger partial charge >= 0.3 is 0 Å². The molecule has 1 aromatic rings. The Kier molecular flexibility index (Phi) is 5.85. The number of nitrogens with one attached hydrogen (secondary N) is 1. The van der Waals surface area contributed by atoms with E-state index in [2.05, 4.69) is 18.3 Å². The highest BCUT2D eigenvalue weighted by atomic mass is 16.5. The van der Waals surface area contributed by atoms with Crippen LogP contribution in [0.15, 0.2) is 18.2 Å². The van der Waals surface area contributed by atoms with Gasteiger partial charge in [-0.3, -0.25) is 5.32 Å². The Hall–Kier alpha value is -1.53. The van der Waals surface area contributed by atoms with Crippen LogP contribution in [-0.4, -0.2) is 18.7 Å². The van der Waals surface area contributed by atoms with Crippen LogP contribution in [0.4, 0.5) is 0 Å². The van der Waals surface area contributed by atoms with Crippen LogP contribution in [-0.2, 0) is 0 Å². The Bertz CT molecular complexity index is 430. The lowest BCUT2D eigenvalue weighted by molar-refractivity contribution is 0.264. The van der Waals surface area contributed by atoms with Crippen LogP contribution < -0.4 is 10.1 Å². The first-order valence-electron chi connectivity index (χ1n) is 6.87. The quantitative estimate of drug-likeness (QED) is 0.817. The lowest BCUT2D eigenvalue weighted by atomic mass is 10.0. The molecule has 0 heterocycles. The maximum Gasteiger partial charge on any atom is 0.125 e. The standard InChI is InChI=1S/C16H24N2O/c1-5-10-18-16(4,12-17)9-11-19-15-13(2)7-6-8-14(15)3/h6-8,18H,5,9-11H2,1-4H3. The van der Waals surface area contributed by atoms with Crippen molar-refractivity contribution in [3.63, 3.8) is 0 Å². The fourth-order valence-corrected chi connectivity index (χ4v) is 1.97. The smallest absolute Gasteiger partial charge is 0.125 e. The number of para-hydroxylation sites is 1. The first-order valence-corrected chi connectivity index (χ1v) is 6.87. The molecule has 0 aliphatic heterocycles. The van der Waals surface area contributed by atoms with E-state index in [1.807, 2.05) is 39.0 Å². The average molecular weight is 260 g/mol. The third-order valence-corrected chi connectivity index (χ3v) is 3.27. The lowest BCUT2D eigenvalue weighted by Crippen LogP contribution is -2.42. The van der Waals surface area contributed by atoms with Crippen molar-refractivity contribution in [2.75, 3.05) is 13.2 Å². The first-order chi connectivity index (χ1) is 9.02. The van der Waals surface area contributed by atoms with Crippen molar-refractivity contribution in [2.24, 2.45) is 0 Å². The molecule has 0 aliphatic carbocycles. The molecule has 0 radical (unpaired) electrons. The molecule has 0 amide bonds. The van der Waals surface area contributed by atoms with E-state index < -0.39 is 5.54 Å². The molecule has 3 heteroatoms.